The molecule has 64 heavy (non-hydrogen) atoms. The van der Waals surface area contributed by atoms with E-state index in [1.54, 1.807) is 0 Å². The second kappa shape index (κ2) is 14.3. The van der Waals surface area contributed by atoms with Gasteiger partial charge in [-0.25, -0.2) is 0 Å². The SMILES string of the molecule is c1ccc(-c2ccc(-c3ccc(-c4ccc(N(c5ccccc5)c5ccc6c(c5)Oc5c(ccc7c5-c5ccccc5C75c7ccccc7-c7ccccc75)O6)cc4)cc3)cc2)cc1. The van der Waals surface area contributed by atoms with Crippen molar-refractivity contribution >= 4 is 17.1 Å². The van der Waals surface area contributed by atoms with E-state index in [1.807, 2.05) is 6.07 Å². The lowest BCUT2D eigenvalue weighted by atomic mass is 9.70. The van der Waals surface area contributed by atoms with Gasteiger partial charge in [-0.15, -0.1) is 0 Å². The second-order valence-electron chi connectivity index (χ2n) is 16.8. The molecule has 0 unspecified atom stereocenters. The van der Waals surface area contributed by atoms with Crippen molar-refractivity contribution in [3.05, 3.63) is 259 Å². The Morgan fingerprint density at radius 2 is 0.703 bits per heavy atom. The second-order valence-corrected chi connectivity index (χ2v) is 16.8. The summed E-state index contributed by atoms with van der Waals surface area (Å²) in [6.45, 7) is 0. The first-order valence-electron chi connectivity index (χ1n) is 21.9. The highest BCUT2D eigenvalue weighted by molar-refractivity contribution is 5.98. The Hall–Kier alpha value is -8.40. The molecule has 10 aromatic rings. The maximum Gasteiger partial charge on any atom is 0.178 e. The number of ether oxygens (including phenoxy) is 2. The number of anilines is 3. The van der Waals surface area contributed by atoms with Gasteiger partial charge in [-0.1, -0.05) is 188 Å². The summed E-state index contributed by atoms with van der Waals surface area (Å²) in [6.07, 6.45) is 0. The molecule has 2 aliphatic carbocycles. The van der Waals surface area contributed by atoms with Crippen LogP contribution in [0.4, 0.5) is 17.1 Å². The number of rotatable bonds is 6. The minimum Gasteiger partial charge on any atom is -0.449 e. The highest BCUT2D eigenvalue weighted by Crippen LogP contribution is 2.66. The van der Waals surface area contributed by atoms with Crippen LogP contribution in [0, 0.1) is 0 Å². The lowest BCUT2D eigenvalue weighted by Gasteiger charge is -2.31. The van der Waals surface area contributed by atoms with E-state index in [2.05, 4.69) is 235 Å². The lowest BCUT2D eigenvalue weighted by Crippen LogP contribution is -2.25. The number of benzene rings is 10. The summed E-state index contributed by atoms with van der Waals surface area (Å²) in [4.78, 5) is 2.28. The molecule has 1 heterocycles. The van der Waals surface area contributed by atoms with Crippen molar-refractivity contribution in [3.8, 4) is 78.6 Å². The fourth-order valence-electron chi connectivity index (χ4n) is 10.5. The summed E-state index contributed by atoms with van der Waals surface area (Å²) in [7, 11) is 0. The van der Waals surface area contributed by atoms with Crippen LogP contribution >= 0.6 is 0 Å². The molecule has 0 atom stereocenters. The van der Waals surface area contributed by atoms with E-state index in [4.69, 9.17) is 9.47 Å². The molecule has 300 valence electrons. The average Bonchev–Trinajstić information content (AvgIpc) is 3.84. The van der Waals surface area contributed by atoms with Crippen LogP contribution < -0.4 is 14.4 Å². The van der Waals surface area contributed by atoms with Gasteiger partial charge in [-0.2, -0.15) is 0 Å². The molecule has 0 N–H and O–H groups in total. The molecule has 10 aromatic carbocycles. The molecule has 0 amide bonds. The Morgan fingerprint density at radius 1 is 0.281 bits per heavy atom. The number of para-hydroxylation sites is 1. The van der Waals surface area contributed by atoms with Crippen molar-refractivity contribution < 1.29 is 9.47 Å². The zero-order valence-corrected chi connectivity index (χ0v) is 34.8. The predicted molar refractivity (Wildman–Crippen MR) is 260 cm³/mol. The minimum atomic E-state index is -0.465. The molecule has 0 radical (unpaired) electrons. The molecule has 1 aliphatic heterocycles. The molecule has 3 aliphatic rings. The van der Waals surface area contributed by atoms with Crippen LogP contribution in [0.15, 0.2) is 237 Å². The third-order valence-electron chi connectivity index (χ3n) is 13.4. The van der Waals surface area contributed by atoms with Crippen molar-refractivity contribution in [1.82, 2.24) is 0 Å². The fraction of sp³-hybridized carbons (Fsp3) is 0.0164. The maximum absolute atomic E-state index is 7.11. The van der Waals surface area contributed by atoms with Crippen molar-refractivity contribution in [1.29, 1.82) is 0 Å². The van der Waals surface area contributed by atoms with Crippen LogP contribution in [0.3, 0.4) is 0 Å². The Bertz CT molecular complexity index is 3370. The van der Waals surface area contributed by atoms with Gasteiger partial charge >= 0.3 is 0 Å². The maximum atomic E-state index is 7.11. The summed E-state index contributed by atoms with van der Waals surface area (Å²) < 4.78 is 13.8. The van der Waals surface area contributed by atoms with E-state index >= 15 is 0 Å². The van der Waals surface area contributed by atoms with Crippen LogP contribution in [0.25, 0.3) is 55.6 Å². The van der Waals surface area contributed by atoms with Gasteiger partial charge in [-0.05, 0) is 115 Å². The normalized spacial score (nSPS) is 13.1. The summed E-state index contributed by atoms with van der Waals surface area (Å²) in [6, 6.07) is 84.7. The van der Waals surface area contributed by atoms with Gasteiger partial charge < -0.3 is 14.4 Å². The van der Waals surface area contributed by atoms with Crippen molar-refractivity contribution in [2.24, 2.45) is 0 Å². The molecule has 0 fully saturated rings. The van der Waals surface area contributed by atoms with Crippen LogP contribution in [-0.2, 0) is 5.41 Å². The molecule has 13 rings (SSSR count). The Labute approximate surface area is 372 Å². The smallest absolute Gasteiger partial charge is 0.178 e. The molecule has 3 nitrogen and oxygen atoms in total. The lowest BCUT2D eigenvalue weighted by molar-refractivity contribution is 0.360. The van der Waals surface area contributed by atoms with Gasteiger partial charge in [0.1, 0.15) is 0 Å². The third kappa shape index (κ3) is 5.47. The fourth-order valence-corrected chi connectivity index (χ4v) is 10.5. The summed E-state index contributed by atoms with van der Waals surface area (Å²) in [5, 5.41) is 0. The van der Waals surface area contributed by atoms with E-state index in [-0.39, 0.29) is 0 Å². The van der Waals surface area contributed by atoms with Gasteiger partial charge in [0.05, 0.1) is 11.1 Å². The standard InChI is InChI=1S/C61H39NO2/c1-3-13-40(14-4-1)41-23-25-42(26-24-41)43-27-29-44(30-28-43)45-31-33-47(34-32-45)62(46-15-5-2-6-16-46)48-35-37-56-58(39-48)64-60-57(63-56)38-36-55-59(60)51-19-9-12-22-54(51)61(55)52-20-10-7-17-49(52)50-18-8-11-21-53(50)61/h1-39H. The first-order chi connectivity index (χ1) is 31.7. The number of hydrogen-bond donors (Lipinski definition) is 0. The molecule has 0 saturated heterocycles. The van der Waals surface area contributed by atoms with Crippen LogP contribution in [0.1, 0.15) is 22.3 Å². The zero-order valence-electron chi connectivity index (χ0n) is 34.8. The number of nitrogens with zero attached hydrogens (tertiary/aromatic N) is 1. The van der Waals surface area contributed by atoms with Gasteiger partial charge in [0, 0.05) is 23.0 Å². The van der Waals surface area contributed by atoms with Crippen molar-refractivity contribution in [2.45, 2.75) is 5.41 Å². The largest absolute Gasteiger partial charge is 0.449 e. The van der Waals surface area contributed by atoms with E-state index in [9.17, 15) is 0 Å². The van der Waals surface area contributed by atoms with Crippen LogP contribution in [0.2, 0.25) is 0 Å². The molecular formula is C61H39NO2. The number of fused-ring (bicyclic) bond motifs is 13. The highest BCUT2D eigenvalue weighted by atomic mass is 16.6. The predicted octanol–water partition coefficient (Wildman–Crippen LogP) is 16.4. The summed E-state index contributed by atoms with van der Waals surface area (Å²) in [5.74, 6) is 2.83. The van der Waals surface area contributed by atoms with Gasteiger partial charge in [0.15, 0.2) is 23.0 Å². The molecule has 0 aromatic heterocycles. The van der Waals surface area contributed by atoms with E-state index in [0.29, 0.717) is 11.5 Å². The first kappa shape index (κ1) is 36.3. The first-order valence-corrected chi connectivity index (χ1v) is 21.9. The summed E-state index contributed by atoms with van der Waals surface area (Å²) >= 11 is 0. The Morgan fingerprint density at radius 3 is 1.28 bits per heavy atom. The zero-order chi connectivity index (χ0) is 42.2. The highest BCUT2D eigenvalue weighted by Gasteiger charge is 2.53. The van der Waals surface area contributed by atoms with E-state index in [1.165, 1.54) is 66.8 Å². The monoisotopic (exact) mass is 817 g/mol. The van der Waals surface area contributed by atoms with Gasteiger partial charge in [-0.3, -0.25) is 0 Å². The molecule has 1 spiro atoms. The third-order valence-corrected chi connectivity index (χ3v) is 13.4. The van der Waals surface area contributed by atoms with E-state index < -0.39 is 5.41 Å². The Balaban J connectivity index is 0.844. The van der Waals surface area contributed by atoms with Crippen LogP contribution in [0.5, 0.6) is 23.0 Å². The summed E-state index contributed by atoms with van der Waals surface area (Å²) in [5.41, 5.74) is 19.6. The van der Waals surface area contributed by atoms with Gasteiger partial charge in [0.2, 0.25) is 0 Å². The van der Waals surface area contributed by atoms with Gasteiger partial charge in [0.25, 0.3) is 0 Å². The van der Waals surface area contributed by atoms with Crippen LogP contribution in [-0.4, -0.2) is 0 Å². The average molecular weight is 818 g/mol. The van der Waals surface area contributed by atoms with E-state index in [0.717, 1.165) is 39.7 Å². The number of hydrogen-bond acceptors (Lipinski definition) is 3. The van der Waals surface area contributed by atoms with Crippen molar-refractivity contribution in [2.75, 3.05) is 4.90 Å². The Kier molecular flexibility index (Phi) is 8.13. The molecule has 3 heteroatoms. The quantitative estimate of drug-likeness (QED) is 0.167. The van der Waals surface area contributed by atoms with Crippen molar-refractivity contribution in [3.63, 3.8) is 0 Å². The minimum absolute atomic E-state index is 0.465. The molecule has 0 saturated carbocycles. The molecule has 0 bridgehead atoms. The molecular weight excluding hydrogens is 779 g/mol. The topological polar surface area (TPSA) is 21.7 Å².